The molecule has 0 spiro atoms. The topological polar surface area (TPSA) is 150 Å². The van der Waals surface area contributed by atoms with E-state index >= 15 is 0 Å². The van der Waals surface area contributed by atoms with E-state index in [4.69, 9.17) is 4.52 Å². The normalized spacial score (nSPS) is 11.3. The summed E-state index contributed by atoms with van der Waals surface area (Å²) in [5.41, 5.74) is 2.66. The summed E-state index contributed by atoms with van der Waals surface area (Å²) in [5, 5.41) is 23.0. The number of hydrogen-bond donors (Lipinski definition) is 4. The van der Waals surface area contributed by atoms with Gasteiger partial charge < -0.3 is 14.9 Å². The Morgan fingerprint density at radius 3 is 2.47 bits per heavy atom. The lowest BCUT2D eigenvalue weighted by molar-refractivity contribution is 0.102. The quantitative estimate of drug-likeness (QED) is 0.349. The molecule has 0 fully saturated rings. The predicted molar refractivity (Wildman–Crippen MR) is 117 cm³/mol. The summed E-state index contributed by atoms with van der Waals surface area (Å²) in [7, 11) is -3.89. The third kappa shape index (κ3) is 4.18. The van der Waals surface area contributed by atoms with Crippen molar-refractivity contribution in [2.24, 2.45) is 0 Å². The van der Waals surface area contributed by atoms with Gasteiger partial charge in [0.05, 0.1) is 16.3 Å². The van der Waals surface area contributed by atoms with Crippen LogP contribution in [0.5, 0.6) is 5.75 Å². The van der Waals surface area contributed by atoms with Gasteiger partial charge in [-0.1, -0.05) is 17.3 Å². The minimum Gasteiger partial charge on any atom is -0.507 e. The van der Waals surface area contributed by atoms with Gasteiger partial charge in [0, 0.05) is 16.8 Å². The molecule has 1 amide bonds. The molecule has 2 aromatic heterocycles. The Morgan fingerprint density at radius 1 is 1.09 bits per heavy atom. The molecule has 0 aliphatic carbocycles. The molecule has 4 aromatic rings. The lowest BCUT2D eigenvalue weighted by atomic mass is 10.1. The second kappa shape index (κ2) is 8.19. The molecule has 4 rings (SSSR count). The van der Waals surface area contributed by atoms with Gasteiger partial charge in [-0.2, -0.15) is 5.10 Å². The van der Waals surface area contributed by atoms with Crippen LogP contribution < -0.4 is 10.0 Å². The zero-order valence-corrected chi connectivity index (χ0v) is 17.9. The number of phenolic OH excluding ortho intramolecular Hbond substituents is 1. The lowest BCUT2D eigenvalue weighted by Gasteiger charge is -2.07. The number of aryl methyl sites for hydroxylation is 1. The Labute approximate surface area is 183 Å². The number of rotatable bonds is 6. The fourth-order valence-electron chi connectivity index (χ4n) is 2.87. The molecule has 0 bridgehead atoms. The van der Waals surface area contributed by atoms with Crippen LogP contribution in [0.1, 0.15) is 21.7 Å². The zero-order valence-electron chi connectivity index (χ0n) is 17.1. The van der Waals surface area contributed by atoms with Gasteiger partial charge in [-0.05, 0) is 56.3 Å². The predicted octanol–water partition coefficient (Wildman–Crippen LogP) is 3.44. The molecule has 0 radical (unpaired) electrons. The Bertz CT molecular complexity index is 1390. The highest BCUT2D eigenvalue weighted by Gasteiger charge is 2.19. The van der Waals surface area contributed by atoms with E-state index in [2.05, 4.69) is 25.4 Å². The summed E-state index contributed by atoms with van der Waals surface area (Å²) in [4.78, 5) is 12.5. The molecular weight excluding hydrogens is 434 g/mol. The minimum atomic E-state index is -3.89. The number of sulfonamides is 1. The van der Waals surface area contributed by atoms with Crippen LogP contribution in [-0.4, -0.2) is 34.8 Å². The molecule has 11 heteroatoms. The number of aromatic amines is 1. The Morgan fingerprint density at radius 2 is 1.81 bits per heavy atom. The van der Waals surface area contributed by atoms with Gasteiger partial charge in [0.25, 0.3) is 15.9 Å². The zero-order chi connectivity index (χ0) is 22.9. The van der Waals surface area contributed by atoms with Crippen LogP contribution in [0.25, 0.3) is 11.3 Å². The van der Waals surface area contributed by atoms with Crippen molar-refractivity contribution in [2.45, 2.75) is 18.7 Å². The Kier molecular flexibility index (Phi) is 5.41. The van der Waals surface area contributed by atoms with Crippen molar-refractivity contribution in [1.82, 2.24) is 15.4 Å². The third-order valence-electron chi connectivity index (χ3n) is 4.81. The monoisotopic (exact) mass is 453 g/mol. The van der Waals surface area contributed by atoms with Crippen molar-refractivity contribution < 1.29 is 22.8 Å². The van der Waals surface area contributed by atoms with Crippen molar-refractivity contribution in [1.29, 1.82) is 0 Å². The summed E-state index contributed by atoms with van der Waals surface area (Å²) in [6, 6.07) is 13.8. The molecule has 0 unspecified atom stereocenters. The second-order valence-electron chi connectivity index (χ2n) is 6.99. The standard InChI is InChI=1S/C21H19N5O5S/c1-12-13(2)25-31-21(12)26-32(29,30)15-9-7-14(8-10-15)22-20(28)18-11-17(23-24-18)16-5-3-4-6-19(16)27/h3-11,26-27H,1-2H3,(H,22,28)(H,23,24). The molecule has 0 atom stereocenters. The van der Waals surface area contributed by atoms with Gasteiger partial charge in [0.15, 0.2) is 0 Å². The molecule has 2 heterocycles. The lowest BCUT2D eigenvalue weighted by Crippen LogP contribution is -2.14. The number of nitrogens with zero attached hydrogens (tertiary/aromatic N) is 2. The highest BCUT2D eigenvalue weighted by molar-refractivity contribution is 7.92. The molecule has 4 N–H and O–H groups in total. The maximum Gasteiger partial charge on any atom is 0.273 e. The van der Waals surface area contributed by atoms with Crippen LogP contribution in [-0.2, 0) is 10.0 Å². The second-order valence-corrected chi connectivity index (χ2v) is 8.67. The van der Waals surface area contributed by atoms with Crippen molar-refractivity contribution in [3.05, 3.63) is 71.5 Å². The number of aromatic hydroxyl groups is 1. The van der Waals surface area contributed by atoms with Gasteiger partial charge in [-0.15, -0.1) is 0 Å². The first kappa shape index (κ1) is 21.1. The van der Waals surface area contributed by atoms with E-state index in [1.807, 2.05) is 0 Å². The van der Waals surface area contributed by atoms with Gasteiger partial charge in [-0.25, -0.2) is 13.1 Å². The molecule has 0 aliphatic rings. The molecule has 0 aliphatic heterocycles. The van der Waals surface area contributed by atoms with Crippen LogP contribution in [0.15, 0.2) is 64.0 Å². The van der Waals surface area contributed by atoms with E-state index in [-0.39, 0.29) is 22.2 Å². The number of phenols is 1. The number of carbonyl (C=O) groups excluding carboxylic acids is 1. The summed E-state index contributed by atoms with van der Waals surface area (Å²) in [5.74, 6) is -0.368. The van der Waals surface area contributed by atoms with Crippen LogP contribution in [0, 0.1) is 13.8 Å². The minimum absolute atomic E-state index is 0.00710. The Hall–Kier alpha value is -4.12. The van der Waals surface area contributed by atoms with E-state index in [1.54, 1.807) is 32.0 Å². The van der Waals surface area contributed by atoms with Crippen LogP contribution in [0.3, 0.4) is 0 Å². The van der Waals surface area contributed by atoms with Crippen LogP contribution in [0.2, 0.25) is 0 Å². The van der Waals surface area contributed by atoms with E-state index in [0.717, 1.165) is 0 Å². The SMILES string of the molecule is Cc1noc(NS(=O)(=O)c2ccc(NC(=O)c3cc(-c4ccccc4O)n[nH]3)cc2)c1C. The summed E-state index contributed by atoms with van der Waals surface area (Å²) >= 11 is 0. The number of benzene rings is 2. The molecule has 0 saturated heterocycles. The van der Waals surface area contributed by atoms with E-state index in [9.17, 15) is 18.3 Å². The number of carbonyl (C=O) groups is 1. The number of aromatic nitrogens is 3. The van der Waals surface area contributed by atoms with E-state index in [1.165, 1.54) is 36.4 Å². The number of hydrogen-bond acceptors (Lipinski definition) is 7. The van der Waals surface area contributed by atoms with Crippen molar-refractivity contribution in [3.8, 4) is 17.0 Å². The smallest absolute Gasteiger partial charge is 0.273 e. The molecule has 164 valence electrons. The summed E-state index contributed by atoms with van der Waals surface area (Å²) in [6.45, 7) is 3.40. The number of amides is 1. The Balaban J connectivity index is 1.46. The summed E-state index contributed by atoms with van der Waals surface area (Å²) < 4.78 is 32.5. The fraction of sp³-hybridized carbons (Fsp3) is 0.0952. The first-order valence-electron chi connectivity index (χ1n) is 9.45. The summed E-state index contributed by atoms with van der Waals surface area (Å²) in [6.07, 6.45) is 0. The number of nitrogens with one attached hydrogen (secondary N) is 3. The fourth-order valence-corrected chi connectivity index (χ4v) is 3.92. The maximum atomic E-state index is 12.6. The van der Waals surface area contributed by atoms with Gasteiger partial charge in [0.1, 0.15) is 11.4 Å². The average molecular weight is 453 g/mol. The van der Waals surface area contributed by atoms with Crippen LogP contribution >= 0.6 is 0 Å². The van der Waals surface area contributed by atoms with Gasteiger partial charge in [0.2, 0.25) is 5.88 Å². The van der Waals surface area contributed by atoms with Gasteiger partial charge in [-0.3, -0.25) is 9.89 Å². The van der Waals surface area contributed by atoms with E-state index < -0.39 is 15.9 Å². The number of anilines is 2. The van der Waals surface area contributed by atoms with Crippen molar-refractivity contribution in [2.75, 3.05) is 10.0 Å². The largest absolute Gasteiger partial charge is 0.507 e. The van der Waals surface area contributed by atoms with Crippen molar-refractivity contribution in [3.63, 3.8) is 0 Å². The first-order valence-corrected chi connectivity index (χ1v) is 10.9. The molecule has 0 saturated carbocycles. The highest BCUT2D eigenvalue weighted by Crippen LogP contribution is 2.27. The van der Waals surface area contributed by atoms with Gasteiger partial charge >= 0.3 is 0 Å². The average Bonchev–Trinajstić information content (AvgIpc) is 3.37. The highest BCUT2D eigenvalue weighted by atomic mass is 32.2. The first-order chi connectivity index (χ1) is 15.2. The third-order valence-corrected chi connectivity index (χ3v) is 6.16. The number of H-pyrrole nitrogens is 1. The van der Waals surface area contributed by atoms with Crippen molar-refractivity contribution >= 4 is 27.5 Å². The van der Waals surface area contributed by atoms with E-state index in [0.29, 0.717) is 28.2 Å². The molecule has 2 aromatic carbocycles. The number of para-hydroxylation sites is 1. The molecule has 10 nitrogen and oxygen atoms in total. The molecular formula is C21H19N5O5S. The maximum absolute atomic E-state index is 12.6. The van der Waals surface area contributed by atoms with Crippen LogP contribution in [0.4, 0.5) is 11.6 Å². The molecule has 32 heavy (non-hydrogen) atoms.